The molecule has 0 amide bonds. The van der Waals surface area contributed by atoms with E-state index in [0.717, 1.165) is 27.8 Å². The molecule has 1 aromatic carbocycles. The number of rotatable bonds is 5. The Kier molecular flexibility index (Phi) is 5.03. The molecular formula is C13H18BrNO. The van der Waals surface area contributed by atoms with Crippen molar-refractivity contribution in [2.24, 2.45) is 5.73 Å². The fourth-order valence-corrected chi connectivity index (χ4v) is 1.68. The van der Waals surface area contributed by atoms with Crippen molar-refractivity contribution in [1.29, 1.82) is 0 Å². The molecule has 1 unspecified atom stereocenters. The van der Waals surface area contributed by atoms with Crippen molar-refractivity contribution in [1.82, 2.24) is 0 Å². The minimum atomic E-state index is -0.0204. The first-order valence-electron chi connectivity index (χ1n) is 5.33. The zero-order valence-electron chi connectivity index (χ0n) is 9.79. The molecule has 0 aliphatic rings. The molecule has 1 atom stereocenters. The van der Waals surface area contributed by atoms with E-state index in [1.807, 2.05) is 32.0 Å². The lowest BCUT2D eigenvalue weighted by Crippen LogP contribution is -2.08. The topological polar surface area (TPSA) is 35.2 Å². The lowest BCUT2D eigenvalue weighted by atomic mass is 10.1. The summed E-state index contributed by atoms with van der Waals surface area (Å²) in [4.78, 5) is 0. The third-order valence-electron chi connectivity index (χ3n) is 2.25. The molecule has 0 aliphatic carbocycles. The third kappa shape index (κ3) is 3.99. The minimum Gasteiger partial charge on any atom is -0.493 e. The molecule has 0 fully saturated rings. The number of halogens is 1. The lowest BCUT2D eigenvalue weighted by Gasteiger charge is -2.14. The molecule has 1 aromatic rings. The molecule has 0 bridgehead atoms. The first-order valence-corrected chi connectivity index (χ1v) is 6.12. The van der Waals surface area contributed by atoms with Crippen LogP contribution >= 0.6 is 15.9 Å². The molecule has 3 heteroatoms. The van der Waals surface area contributed by atoms with Crippen LogP contribution in [0.5, 0.6) is 5.75 Å². The largest absolute Gasteiger partial charge is 0.493 e. The van der Waals surface area contributed by atoms with Gasteiger partial charge < -0.3 is 10.5 Å². The van der Waals surface area contributed by atoms with Gasteiger partial charge in [-0.15, -0.1) is 6.58 Å². The van der Waals surface area contributed by atoms with Gasteiger partial charge in [-0.05, 0) is 26.0 Å². The van der Waals surface area contributed by atoms with Gasteiger partial charge in [0.25, 0.3) is 0 Å². The molecule has 0 saturated heterocycles. The normalized spacial score (nSPS) is 12.2. The number of hydrogen-bond donors (Lipinski definition) is 1. The summed E-state index contributed by atoms with van der Waals surface area (Å²) in [6, 6.07) is 5.90. The maximum Gasteiger partial charge on any atom is 0.125 e. The molecule has 0 spiro atoms. The molecular weight excluding hydrogens is 266 g/mol. The van der Waals surface area contributed by atoms with Crippen LogP contribution in [0.3, 0.4) is 0 Å². The van der Waals surface area contributed by atoms with Crippen molar-refractivity contribution in [3.8, 4) is 5.75 Å². The lowest BCUT2D eigenvalue weighted by molar-refractivity contribution is 0.316. The highest BCUT2D eigenvalue weighted by Gasteiger charge is 2.08. The summed E-state index contributed by atoms with van der Waals surface area (Å²) in [5.41, 5.74) is 8.04. The zero-order chi connectivity index (χ0) is 12.1. The smallest absolute Gasteiger partial charge is 0.125 e. The Bertz CT molecular complexity index is 374. The first-order chi connectivity index (χ1) is 7.50. The third-order valence-corrected chi connectivity index (χ3v) is 2.75. The predicted octanol–water partition coefficient (Wildman–Crippen LogP) is 3.81. The highest BCUT2D eigenvalue weighted by Crippen LogP contribution is 2.27. The molecule has 0 saturated carbocycles. The summed E-state index contributed by atoms with van der Waals surface area (Å²) in [5.74, 6) is 0.852. The molecule has 0 heterocycles. The fraction of sp³-hybridized carbons (Fsp3) is 0.385. The molecule has 0 aromatic heterocycles. The van der Waals surface area contributed by atoms with E-state index < -0.39 is 0 Å². The van der Waals surface area contributed by atoms with E-state index in [-0.39, 0.29) is 6.04 Å². The highest BCUT2D eigenvalue weighted by molar-refractivity contribution is 9.10. The number of benzene rings is 1. The van der Waals surface area contributed by atoms with Gasteiger partial charge in [0, 0.05) is 22.5 Å². The quantitative estimate of drug-likeness (QED) is 0.834. The molecule has 88 valence electrons. The van der Waals surface area contributed by atoms with E-state index in [1.54, 1.807) is 0 Å². The van der Waals surface area contributed by atoms with Gasteiger partial charge in [-0.3, -0.25) is 0 Å². The average Bonchev–Trinajstić information content (AvgIpc) is 2.16. The summed E-state index contributed by atoms with van der Waals surface area (Å²) in [6.07, 6.45) is 0.866. The van der Waals surface area contributed by atoms with Gasteiger partial charge in [-0.2, -0.15) is 0 Å². The second kappa shape index (κ2) is 6.06. The monoisotopic (exact) mass is 283 g/mol. The molecule has 2 nitrogen and oxygen atoms in total. The molecule has 0 radical (unpaired) electrons. The van der Waals surface area contributed by atoms with Crippen LogP contribution in [0.1, 0.15) is 31.9 Å². The van der Waals surface area contributed by atoms with E-state index >= 15 is 0 Å². The summed E-state index contributed by atoms with van der Waals surface area (Å²) in [5, 5.41) is 0. The van der Waals surface area contributed by atoms with E-state index in [2.05, 4.69) is 22.5 Å². The van der Waals surface area contributed by atoms with Crippen molar-refractivity contribution < 1.29 is 4.74 Å². The van der Waals surface area contributed by atoms with Crippen LogP contribution in [0.25, 0.3) is 0 Å². The van der Waals surface area contributed by atoms with Crippen LogP contribution < -0.4 is 10.5 Å². The summed E-state index contributed by atoms with van der Waals surface area (Å²) in [7, 11) is 0. The van der Waals surface area contributed by atoms with Crippen molar-refractivity contribution >= 4 is 15.9 Å². The van der Waals surface area contributed by atoms with Crippen LogP contribution in [0.15, 0.2) is 34.8 Å². The van der Waals surface area contributed by atoms with Gasteiger partial charge >= 0.3 is 0 Å². The van der Waals surface area contributed by atoms with Crippen LogP contribution in [-0.4, -0.2) is 6.61 Å². The Morgan fingerprint density at radius 3 is 2.81 bits per heavy atom. The second-order valence-corrected chi connectivity index (χ2v) is 4.94. The van der Waals surface area contributed by atoms with Crippen LogP contribution in [0.2, 0.25) is 0 Å². The first kappa shape index (κ1) is 13.3. The molecule has 16 heavy (non-hydrogen) atoms. The van der Waals surface area contributed by atoms with Crippen molar-refractivity contribution in [2.45, 2.75) is 26.3 Å². The van der Waals surface area contributed by atoms with Gasteiger partial charge in [0.15, 0.2) is 0 Å². The fourth-order valence-electron chi connectivity index (χ4n) is 1.34. The number of hydrogen-bond acceptors (Lipinski definition) is 2. The molecule has 1 rings (SSSR count). The van der Waals surface area contributed by atoms with Crippen LogP contribution in [0.4, 0.5) is 0 Å². The van der Waals surface area contributed by atoms with E-state index in [1.165, 1.54) is 0 Å². The maximum absolute atomic E-state index is 5.88. The Labute approximate surface area is 106 Å². The Balaban J connectivity index is 2.76. The molecule has 2 N–H and O–H groups in total. The minimum absolute atomic E-state index is 0.0204. The number of ether oxygens (including phenoxy) is 1. The standard InChI is InChI=1S/C13H18BrNO/c1-9(2)6-7-16-13-8-11(14)4-5-12(13)10(3)15/h4-5,8,10H,1,6-7,15H2,2-3H3. The number of nitrogens with two attached hydrogens (primary N) is 1. The predicted molar refractivity (Wildman–Crippen MR) is 71.7 cm³/mol. The van der Waals surface area contributed by atoms with E-state index in [4.69, 9.17) is 10.5 Å². The summed E-state index contributed by atoms with van der Waals surface area (Å²) >= 11 is 3.43. The molecule has 0 aliphatic heterocycles. The van der Waals surface area contributed by atoms with Gasteiger partial charge in [0.05, 0.1) is 6.61 Å². The second-order valence-electron chi connectivity index (χ2n) is 4.03. The van der Waals surface area contributed by atoms with Gasteiger partial charge in [0.1, 0.15) is 5.75 Å². The van der Waals surface area contributed by atoms with E-state index in [9.17, 15) is 0 Å². The van der Waals surface area contributed by atoms with Crippen LogP contribution in [-0.2, 0) is 0 Å². The van der Waals surface area contributed by atoms with Crippen molar-refractivity contribution in [3.05, 3.63) is 40.4 Å². The Morgan fingerprint density at radius 1 is 1.56 bits per heavy atom. The van der Waals surface area contributed by atoms with Gasteiger partial charge in [0.2, 0.25) is 0 Å². The SMILES string of the molecule is C=C(C)CCOc1cc(Br)ccc1C(C)N. The Hall–Kier alpha value is -0.800. The highest BCUT2D eigenvalue weighted by atomic mass is 79.9. The van der Waals surface area contributed by atoms with E-state index in [0.29, 0.717) is 6.61 Å². The summed E-state index contributed by atoms with van der Waals surface area (Å²) < 4.78 is 6.72. The maximum atomic E-state index is 5.88. The Morgan fingerprint density at radius 2 is 2.25 bits per heavy atom. The van der Waals surface area contributed by atoms with Crippen molar-refractivity contribution in [3.63, 3.8) is 0 Å². The van der Waals surface area contributed by atoms with Crippen molar-refractivity contribution in [2.75, 3.05) is 6.61 Å². The van der Waals surface area contributed by atoms with Gasteiger partial charge in [-0.1, -0.05) is 27.6 Å². The zero-order valence-corrected chi connectivity index (χ0v) is 11.4. The van der Waals surface area contributed by atoms with Crippen LogP contribution in [0, 0.1) is 0 Å². The van der Waals surface area contributed by atoms with Gasteiger partial charge in [-0.25, -0.2) is 0 Å². The average molecular weight is 284 g/mol. The summed E-state index contributed by atoms with van der Waals surface area (Å²) in [6.45, 7) is 8.44.